The van der Waals surface area contributed by atoms with Crippen molar-refractivity contribution >= 4 is 49.8 Å². The summed E-state index contributed by atoms with van der Waals surface area (Å²) in [6.07, 6.45) is 0. The molecular weight excluding hydrogens is 426 g/mol. The van der Waals surface area contributed by atoms with Gasteiger partial charge in [-0.1, -0.05) is 6.07 Å². The van der Waals surface area contributed by atoms with Crippen LogP contribution in [0, 0.1) is 0 Å². The number of thiazole rings is 1. The van der Waals surface area contributed by atoms with Crippen LogP contribution in [0.15, 0.2) is 37.2 Å². The van der Waals surface area contributed by atoms with Crippen molar-refractivity contribution in [3.05, 3.63) is 54.2 Å². The number of thiophene rings is 1. The van der Waals surface area contributed by atoms with Crippen LogP contribution in [0.5, 0.6) is 0 Å². The summed E-state index contributed by atoms with van der Waals surface area (Å²) >= 11 is 6.61. The highest BCUT2D eigenvalue weighted by molar-refractivity contribution is 9.10. The number of aromatic nitrogens is 5. The SMILES string of the molecule is Cn1c(=O)c2nc(Br)n(Cc3csc(-c4cccs4)n3)c2n(C)c1=O. The molecule has 4 rings (SSSR count). The predicted molar refractivity (Wildman–Crippen MR) is 102 cm³/mol. The number of hydrogen-bond acceptors (Lipinski definition) is 6. The normalized spacial score (nSPS) is 11.5. The van der Waals surface area contributed by atoms with E-state index in [1.165, 1.54) is 11.6 Å². The lowest BCUT2D eigenvalue weighted by atomic mass is 10.4. The lowest BCUT2D eigenvalue weighted by Crippen LogP contribution is -2.37. The lowest BCUT2D eigenvalue weighted by molar-refractivity contribution is 0.682. The van der Waals surface area contributed by atoms with Crippen molar-refractivity contribution in [2.75, 3.05) is 0 Å². The molecule has 10 heteroatoms. The minimum Gasteiger partial charge on any atom is -0.298 e. The average Bonchev–Trinajstić information content (AvgIpc) is 3.32. The van der Waals surface area contributed by atoms with Gasteiger partial charge in [-0.3, -0.25) is 18.5 Å². The lowest BCUT2D eigenvalue weighted by Gasteiger charge is -2.08. The molecule has 0 unspecified atom stereocenters. The number of rotatable bonds is 3. The molecule has 128 valence electrons. The Hall–Kier alpha value is -2.04. The summed E-state index contributed by atoms with van der Waals surface area (Å²) in [6, 6.07) is 4.02. The average molecular weight is 438 g/mol. The third-order valence-electron chi connectivity index (χ3n) is 3.90. The summed E-state index contributed by atoms with van der Waals surface area (Å²) in [4.78, 5) is 34.6. The van der Waals surface area contributed by atoms with Crippen molar-refractivity contribution in [2.24, 2.45) is 14.1 Å². The monoisotopic (exact) mass is 437 g/mol. The van der Waals surface area contributed by atoms with Crippen LogP contribution in [-0.2, 0) is 20.6 Å². The first-order valence-corrected chi connectivity index (χ1v) is 9.82. The van der Waals surface area contributed by atoms with Crippen molar-refractivity contribution in [1.29, 1.82) is 0 Å². The summed E-state index contributed by atoms with van der Waals surface area (Å²) in [5.74, 6) is 0. The van der Waals surface area contributed by atoms with Crippen LogP contribution in [0.1, 0.15) is 5.69 Å². The van der Waals surface area contributed by atoms with E-state index in [-0.39, 0.29) is 11.2 Å². The molecular formula is C15H12BrN5O2S2. The molecule has 0 fully saturated rings. The number of nitrogens with zero attached hydrogens (tertiary/aromatic N) is 5. The van der Waals surface area contributed by atoms with Crippen LogP contribution >= 0.6 is 38.6 Å². The Morgan fingerprint density at radius 3 is 2.68 bits per heavy atom. The van der Waals surface area contributed by atoms with Gasteiger partial charge < -0.3 is 0 Å². The number of halogens is 1. The highest BCUT2D eigenvalue weighted by Gasteiger charge is 2.18. The Morgan fingerprint density at radius 2 is 1.96 bits per heavy atom. The number of imidazole rings is 1. The maximum absolute atomic E-state index is 12.3. The molecule has 4 heterocycles. The van der Waals surface area contributed by atoms with Crippen LogP contribution in [0.2, 0.25) is 0 Å². The summed E-state index contributed by atoms with van der Waals surface area (Å²) in [7, 11) is 3.08. The van der Waals surface area contributed by atoms with Crippen molar-refractivity contribution in [3.63, 3.8) is 0 Å². The maximum Gasteiger partial charge on any atom is 0.332 e. The fourth-order valence-electron chi connectivity index (χ4n) is 2.66. The van der Waals surface area contributed by atoms with Crippen LogP contribution in [-0.4, -0.2) is 23.7 Å². The Kier molecular flexibility index (Phi) is 3.97. The van der Waals surface area contributed by atoms with E-state index >= 15 is 0 Å². The Bertz CT molecular complexity index is 1200. The summed E-state index contributed by atoms with van der Waals surface area (Å²) in [5.41, 5.74) is 0.788. The second kappa shape index (κ2) is 6.04. The molecule has 0 radical (unpaired) electrons. The van der Waals surface area contributed by atoms with E-state index in [4.69, 9.17) is 0 Å². The molecule has 0 aliphatic heterocycles. The van der Waals surface area contributed by atoms with E-state index in [0.717, 1.165) is 20.1 Å². The zero-order chi connectivity index (χ0) is 17.7. The Morgan fingerprint density at radius 1 is 1.16 bits per heavy atom. The molecule has 0 spiro atoms. The van der Waals surface area contributed by atoms with E-state index in [2.05, 4.69) is 25.9 Å². The molecule has 7 nitrogen and oxygen atoms in total. The summed E-state index contributed by atoms with van der Waals surface area (Å²) < 4.78 is 4.77. The van der Waals surface area contributed by atoms with Crippen LogP contribution in [0.4, 0.5) is 0 Å². The highest BCUT2D eigenvalue weighted by Crippen LogP contribution is 2.28. The predicted octanol–water partition coefficient (Wildman–Crippen LogP) is 2.43. The van der Waals surface area contributed by atoms with Gasteiger partial charge in [-0.25, -0.2) is 14.8 Å². The van der Waals surface area contributed by atoms with Gasteiger partial charge >= 0.3 is 5.69 Å². The molecule has 25 heavy (non-hydrogen) atoms. The first-order chi connectivity index (χ1) is 12.0. The molecule has 4 aromatic heterocycles. The first kappa shape index (κ1) is 16.4. The second-order valence-corrected chi connectivity index (χ2v) is 7.98. The maximum atomic E-state index is 12.3. The molecule has 0 atom stereocenters. The molecule has 0 amide bonds. The summed E-state index contributed by atoms with van der Waals surface area (Å²) in [5, 5.41) is 4.95. The van der Waals surface area contributed by atoms with Gasteiger partial charge in [0.05, 0.1) is 17.1 Å². The molecule has 4 aromatic rings. The van der Waals surface area contributed by atoms with E-state index in [1.54, 1.807) is 34.3 Å². The molecule has 0 saturated carbocycles. The van der Waals surface area contributed by atoms with Gasteiger partial charge in [0.2, 0.25) is 0 Å². The van der Waals surface area contributed by atoms with Crippen molar-refractivity contribution < 1.29 is 0 Å². The first-order valence-electron chi connectivity index (χ1n) is 7.27. The van der Waals surface area contributed by atoms with Crippen LogP contribution in [0.25, 0.3) is 21.0 Å². The molecule has 0 aromatic carbocycles. The minimum atomic E-state index is -0.407. The largest absolute Gasteiger partial charge is 0.332 e. The topological polar surface area (TPSA) is 74.7 Å². The van der Waals surface area contributed by atoms with Gasteiger partial charge in [0.15, 0.2) is 15.9 Å². The van der Waals surface area contributed by atoms with Crippen molar-refractivity contribution in [1.82, 2.24) is 23.7 Å². The second-order valence-electron chi connectivity index (χ2n) is 5.47. The standard InChI is InChI=1S/C15H12BrN5O2S2/c1-19-12-10(13(22)20(2)15(19)23)18-14(16)21(12)6-8-7-25-11(17-8)9-4-3-5-24-9/h3-5,7H,6H2,1-2H3. The number of fused-ring (bicyclic) bond motifs is 1. The number of hydrogen-bond donors (Lipinski definition) is 0. The van der Waals surface area contributed by atoms with E-state index in [1.807, 2.05) is 22.9 Å². The molecule has 0 bridgehead atoms. The van der Waals surface area contributed by atoms with Gasteiger partial charge in [0.25, 0.3) is 5.56 Å². The summed E-state index contributed by atoms with van der Waals surface area (Å²) in [6.45, 7) is 0.416. The smallest absolute Gasteiger partial charge is 0.298 e. The molecule has 0 aliphatic carbocycles. The van der Waals surface area contributed by atoms with E-state index < -0.39 is 5.56 Å². The Labute approximate surface area is 158 Å². The number of aryl methyl sites for hydroxylation is 1. The van der Waals surface area contributed by atoms with Crippen molar-refractivity contribution in [3.8, 4) is 9.88 Å². The zero-order valence-corrected chi connectivity index (χ0v) is 16.5. The van der Waals surface area contributed by atoms with Gasteiger partial charge in [-0.05, 0) is 27.4 Å². The van der Waals surface area contributed by atoms with Gasteiger partial charge in [0, 0.05) is 19.5 Å². The highest BCUT2D eigenvalue weighted by atomic mass is 79.9. The van der Waals surface area contributed by atoms with Crippen molar-refractivity contribution in [2.45, 2.75) is 6.54 Å². The van der Waals surface area contributed by atoms with Gasteiger partial charge in [-0.15, -0.1) is 22.7 Å². The Balaban J connectivity index is 1.84. The minimum absolute atomic E-state index is 0.255. The fourth-order valence-corrected chi connectivity index (χ4v) is 4.75. The van der Waals surface area contributed by atoms with E-state index in [0.29, 0.717) is 16.9 Å². The molecule has 0 aliphatic rings. The quantitative estimate of drug-likeness (QED) is 0.461. The van der Waals surface area contributed by atoms with Crippen LogP contribution < -0.4 is 11.2 Å². The van der Waals surface area contributed by atoms with Gasteiger partial charge in [0.1, 0.15) is 5.01 Å². The molecule has 0 saturated heterocycles. The third kappa shape index (κ3) is 2.60. The van der Waals surface area contributed by atoms with E-state index in [9.17, 15) is 9.59 Å². The third-order valence-corrected chi connectivity index (χ3v) is 6.43. The van der Waals surface area contributed by atoms with Crippen LogP contribution in [0.3, 0.4) is 0 Å². The zero-order valence-electron chi connectivity index (χ0n) is 13.3. The molecule has 0 N–H and O–H groups in total. The fraction of sp³-hybridized carbons (Fsp3) is 0.200. The van der Waals surface area contributed by atoms with Gasteiger partial charge in [-0.2, -0.15) is 0 Å².